The summed E-state index contributed by atoms with van der Waals surface area (Å²) in [6.45, 7) is 5.57. The first-order chi connectivity index (χ1) is 11.3. The van der Waals surface area contributed by atoms with Crippen molar-refractivity contribution in [3.63, 3.8) is 0 Å². The molecule has 5 heteroatoms. The van der Waals surface area contributed by atoms with Crippen LogP contribution in [0.15, 0.2) is 12.4 Å². The Labute approximate surface area is 139 Å². The number of piperidine rings is 1. The van der Waals surface area contributed by atoms with Gasteiger partial charge in [0.25, 0.3) is 0 Å². The average Bonchev–Trinajstić information content (AvgIpc) is 2.61. The monoisotopic (exact) mass is 318 g/mol. The van der Waals surface area contributed by atoms with Crippen molar-refractivity contribution in [1.82, 2.24) is 9.97 Å². The molecule has 0 radical (unpaired) electrons. The second-order valence-electron chi connectivity index (χ2n) is 7.30. The molecule has 3 rings (SSSR count). The number of hydrogen-bond donors (Lipinski definition) is 2. The van der Waals surface area contributed by atoms with E-state index in [9.17, 15) is 5.11 Å². The largest absolute Gasteiger partial charge is 0.396 e. The van der Waals surface area contributed by atoms with Gasteiger partial charge in [-0.1, -0.05) is 26.2 Å². The Morgan fingerprint density at radius 1 is 1.22 bits per heavy atom. The van der Waals surface area contributed by atoms with E-state index < -0.39 is 0 Å². The molecule has 23 heavy (non-hydrogen) atoms. The molecule has 1 aromatic rings. The highest BCUT2D eigenvalue weighted by molar-refractivity contribution is 5.48. The molecule has 3 unspecified atom stereocenters. The first-order valence-electron chi connectivity index (χ1n) is 9.18. The summed E-state index contributed by atoms with van der Waals surface area (Å²) in [5.74, 6) is 3.86. The minimum absolute atomic E-state index is 0.270. The molecule has 1 aromatic heterocycles. The lowest BCUT2D eigenvalue weighted by atomic mass is 9.80. The van der Waals surface area contributed by atoms with E-state index in [0.29, 0.717) is 5.92 Å². The summed E-state index contributed by atoms with van der Waals surface area (Å²) in [4.78, 5) is 11.1. The lowest BCUT2D eigenvalue weighted by Gasteiger charge is -2.33. The van der Waals surface area contributed by atoms with Crippen LogP contribution in [0.4, 0.5) is 11.6 Å². The molecule has 0 spiro atoms. The van der Waals surface area contributed by atoms with Gasteiger partial charge in [-0.15, -0.1) is 0 Å². The summed E-state index contributed by atoms with van der Waals surface area (Å²) >= 11 is 0. The zero-order chi connectivity index (χ0) is 16.1. The van der Waals surface area contributed by atoms with Crippen molar-refractivity contribution >= 4 is 11.6 Å². The third-order valence-electron chi connectivity index (χ3n) is 5.59. The highest BCUT2D eigenvalue weighted by Gasteiger charge is 2.22. The van der Waals surface area contributed by atoms with Crippen molar-refractivity contribution in [3.05, 3.63) is 12.4 Å². The van der Waals surface area contributed by atoms with Gasteiger partial charge in [0.15, 0.2) is 0 Å². The predicted octanol–water partition coefficient (Wildman–Crippen LogP) is 2.92. The van der Waals surface area contributed by atoms with Crippen LogP contribution in [-0.2, 0) is 0 Å². The van der Waals surface area contributed by atoms with Gasteiger partial charge in [0.1, 0.15) is 18.0 Å². The zero-order valence-electron chi connectivity index (χ0n) is 14.2. The third kappa shape index (κ3) is 4.34. The molecular formula is C18H30N4O. The fourth-order valence-corrected chi connectivity index (χ4v) is 3.97. The minimum Gasteiger partial charge on any atom is -0.396 e. The van der Waals surface area contributed by atoms with Crippen LogP contribution in [0.25, 0.3) is 0 Å². The fourth-order valence-electron chi connectivity index (χ4n) is 3.97. The molecule has 2 fully saturated rings. The van der Waals surface area contributed by atoms with E-state index >= 15 is 0 Å². The fraction of sp³-hybridized carbons (Fsp3) is 0.778. The molecule has 1 saturated carbocycles. The van der Waals surface area contributed by atoms with Gasteiger partial charge in [0, 0.05) is 32.3 Å². The van der Waals surface area contributed by atoms with Crippen molar-refractivity contribution in [2.24, 2.45) is 17.8 Å². The Kier molecular flexibility index (Phi) is 5.70. The molecule has 2 N–H and O–H groups in total. The quantitative estimate of drug-likeness (QED) is 0.874. The molecule has 2 heterocycles. The van der Waals surface area contributed by atoms with Gasteiger partial charge in [0.2, 0.25) is 0 Å². The van der Waals surface area contributed by atoms with Crippen molar-refractivity contribution in [2.45, 2.75) is 45.4 Å². The van der Waals surface area contributed by atoms with Crippen LogP contribution < -0.4 is 10.2 Å². The van der Waals surface area contributed by atoms with E-state index in [0.717, 1.165) is 55.9 Å². The smallest absolute Gasteiger partial charge is 0.134 e. The van der Waals surface area contributed by atoms with E-state index in [1.807, 2.05) is 0 Å². The maximum absolute atomic E-state index is 9.39. The highest BCUT2D eigenvalue weighted by Crippen LogP contribution is 2.30. The molecule has 2 aliphatic rings. The Morgan fingerprint density at radius 3 is 2.91 bits per heavy atom. The van der Waals surface area contributed by atoms with Gasteiger partial charge in [-0.2, -0.15) is 0 Å². The molecule has 0 aromatic carbocycles. The number of anilines is 2. The Balaban J connectivity index is 1.58. The Morgan fingerprint density at radius 2 is 2.09 bits per heavy atom. The standard InChI is InChI=1S/C18H30N4O/c1-14-5-2-3-7-16(14)10-19-17-9-18(21-13-20-17)22-8-4-6-15(11-22)12-23/h9,13-16,23H,2-8,10-12H2,1H3,(H,19,20,21). The molecule has 1 aliphatic carbocycles. The van der Waals surface area contributed by atoms with Gasteiger partial charge < -0.3 is 15.3 Å². The summed E-state index contributed by atoms with van der Waals surface area (Å²) < 4.78 is 0. The van der Waals surface area contributed by atoms with E-state index in [2.05, 4.69) is 33.2 Å². The van der Waals surface area contributed by atoms with Gasteiger partial charge in [0.05, 0.1) is 0 Å². The van der Waals surface area contributed by atoms with Crippen LogP contribution in [-0.4, -0.2) is 41.3 Å². The van der Waals surface area contributed by atoms with Crippen molar-refractivity contribution < 1.29 is 5.11 Å². The van der Waals surface area contributed by atoms with E-state index in [1.165, 1.54) is 25.7 Å². The van der Waals surface area contributed by atoms with E-state index in [4.69, 9.17) is 0 Å². The number of hydrogen-bond acceptors (Lipinski definition) is 5. The average molecular weight is 318 g/mol. The number of aliphatic hydroxyl groups excluding tert-OH is 1. The van der Waals surface area contributed by atoms with Crippen molar-refractivity contribution in [2.75, 3.05) is 36.5 Å². The molecular weight excluding hydrogens is 288 g/mol. The number of nitrogens with one attached hydrogen (secondary N) is 1. The normalized spacial score (nSPS) is 28.6. The van der Waals surface area contributed by atoms with Crippen LogP contribution in [0.3, 0.4) is 0 Å². The third-order valence-corrected chi connectivity index (χ3v) is 5.59. The second-order valence-corrected chi connectivity index (χ2v) is 7.30. The molecule has 128 valence electrons. The van der Waals surface area contributed by atoms with Gasteiger partial charge in [-0.25, -0.2) is 9.97 Å². The summed E-state index contributed by atoms with van der Waals surface area (Å²) in [6.07, 6.45) is 9.33. The Bertz CT molecular complexity index is 496. The maximum Gasteiger partial charge on any atom is 0.134 e. The molecule has 1 aliphatic heterocycles. The molecule has 0 bridgehead atoms. The first-order valence-corrected chi connectivity index (χ1v) is 9.18. The summed E-state index contributed by atoms with van der Waals surface area (Å²) in [6, 6.07) is 2.06. The van der Waals surface area contributed by atoms with Crippen LogP contribution in [0.5, 0.6) is 0 Å². The lowest BCUT2D eigenvalue weighted by Crippen LogP contribution is -2.37. The SMILES string of the molecule is CC1CCCCC1CNc1cc(N2CCCC(CO)C2)ncn1. The van der Waals surface area contributed by atoms with E-state index in [-0.39, 0.29) is 6.61 Å². The molecule has 5 nitrogen and oxygen atoms in total. The summed E-state index contributed by atoms with van der Waals surface area (Å²) in [7, 11) is 0. The molecule has 3 atom stereocenters. The number of aromatic nitrogens is 2. The zero-order valence-corrected chi connectivity index (χ0v) is 14.2. The molecule has 0 amide bonds. The minimum atomic E-state index is 0.270. The topological polar surface area (TPSA) is 61.3 Å². The lowest BCUT2D eigenvalue weighted by molar-refractivity contribution is 0.208. The molecule has 1 saturated heterocycles. The highest BCUT2D eigenvalue weighted by atomic mass is 16.3. The summed E-state index contributed by atoms with van der Waals surface area (Å²) in [5.41, 5.74) is 0. The first kappa shape index (κ1) is 16.5. The van der Waals surface area contributed by atoms with Crippen molar-refractivity contribution in [1.29, 1.82) is 0 Å². The number of rotatable bonds is 5. The van der Waals surface area contributed by atoms with Gasteiger partial charge >= 0.3 is 0 Å². The summed E-state index contributed by atoms with van der Waals surface area (Å²) in [5, 5.41) is 12.9. The maximum atomic E-state index is 9.39. The Hall–Kier alpha value is -1.36. The van der Waals surface area contributed by atoms with Crippen LogP contribution in [0.1, 0.15) is 45.4 Å². The predicted molar refractivity (Wildman–Crippen MR) is 93.7 cm³/mol. The number of aliphatic hydroxyl groups is 1. The van der Waals surface area contributed by atoms with E-state index in [1.54, 1.807) is 6.33 Å². The van der Waals surface area contributed by atoms with Crippen LogP contribution in [0, 0.1) is 17.8 Å². The van der Waals surface area contributed by atoms with Crippen LogP contribution >= 0.6 is 0 Å². The van der Waals surface area contributed by atoms with Crippen molar-refractivity contribution in [3.8, 4) is 0 Å². The second kappa shape index (κ2) is 7.95. The van der Waals surface area contributed by atoms with Gasteiger partial charge in [-0.05, 0) is 37.0 Å². The number of nitrogens with zero attached hydrogens (tertiary/aromatic N) is 3. The van der Waals surface area contributed by atoms with Crippen LogP contribution in [0.2, 0.25) is 0 Å². The van der Waals surface area contributed by atoms with Gasteiger partial charge in [-0.3, -0.25) is 0 Å².